The number of hydrogen-bond donors (Lipinski definition) is 0. The summed E-state index contributed by atoms with van der Waals surface area (Å²) in [5.74, 6) is 1.81. The van der Waals surface area contributed by atoms with Crippen molar-refractivity contribution in [2.75, 3.05) is 0 Å². The molecule has 8 aromatic carbocycles. The van der Waals surface area contributed by atoms with E-state index >= 15 is 0 Å². The molecule has 0 saturated carbocycles. The minimum Gasteiger partial charge on any atom is -0.455 e. The fraction of sp³-hybridized carbons (Fsp3) is 0. The van der Waals surface area contributed by atoms with Crippen LogP contribution in [0, 0.1) is 0 Å². The summed E-state index contributed by atoms with van der Waals surface area (Å²) in [5.41, 5.74) is 13.1. The first kappa shape index (κ1) is 32.2. The fourth-order valence-corrected chi connectivity index (χ4v) is 7.47. The second-order valence-electron chi connectivity index (χ2n) is 13.6. The SMILES string of the molecule is c1ccc(-c2cccc(-c3cccc(-c4cccc5c4oc4c(-c6ccccc6)c(-c6nc(-c7ccccc7)nc(-c7ccccc7)n6)ccc45)c3)c2)cc1. The van der Waals surface area contributed by atoms with E-state index in [1.165, 1.54) is 11.1 Å². The summed E-state index contributed by atoms with van der Waals surface area (Å²) < 4.78 is 7.07. The molecule has 0 N–H and O–H groups in total. The largest absolute Gasteiger partial charge is 0.455 e. The van der Waals surface area contributed by atoms with Gasteiger partial charge < -0.3 is 4.42 Å². The van der Waals surface area contributed by atoms with E-state index in [2.05, 4.69) is 133 Å². The van der Waals surface area contributed by atoms with Gasteiger partial charge in [0.15, 0.2) is 17.5 Å². The van der Waals surface area contributed by atoms with Crippen molar-refractivity contribution in [3.8, 4) is 78.7 Å². The van der Waals surface area contributed by atoms with Gasteiger partial charge in [-0.25, -0.2) is 15.0 Å². The Hall–Kier alpha value is -7.43. The van der Waals surface area contributed by atoms with Gasteiger partial charge in [0.1, 0.15) is 11.2 Å². The van der Waals surface area contributed by atoms with Crippen LogP contribution in [-0.2, 0) is 0 Å². The highest BCUT2D eigenvalue weighted by molar-refractivity contribution is 6.15. The number of nitrogens with zero attached hydrogens (tertiary/aromatic N) is 3. The zero-order valence-corrected chi connectivity index (χ0v) is 29.8. The molecule has 0 amide bonds. The minimum atomic E-state index is 0.583. The van der Waals surface area contributed by atoms with Crippen molar-refractivity contribution in [1.29, 1.82) is 0 Å². The van der Waals surface area contributed by atoms with E-state index < -0.39 is 0 Å². The van der Waals surface area contributed by atoms with E-state index in [9.17, 15) is 0 Å². The molecule has 4 heteroatoms. The summed E-state index contributed by atoms with van der Waals surface area (Å²) >= 11 is 0. The summed E-state index contributed by atoms with van der Waals surface area (Å²) in [4.78, 5) is 15.2. The third-order valence-corrected chi connectivity index (χ3v) is 10.1. The maximum absolute atomic E-state index is 7.07. The van der Waals surface area contributed by atoms with Crippen LogP contribution in [0.15, 0.2) is 205 Å². The van der Waals surface area contributed by atoms with Gasteiger partial charge in [0.2, 0.25) is 0 Å². The Morgan fingerprint density at radius 3 is 1.31 bits per heavy atom. The highest BCUT2D eigenvalue weighted by Crippen LogP contribution is 2.44. The minimum absolute atomic E-state index is 0.583. The lowest BCUT2D eigenvalue weighted by Gasteiger charge is -2.12. The molecule has 0 aliphatic heterocycles. The van der Waals surface area contributed by atoms with Crippen LogP contribution < -0.4 is 0 Å². The summed E-state index contributed by atoms with van der Waals surface area (Å²) in [6, 6.07) is 69.2. The van der Waals surface area contributed by atoms with E-state index in [1.807, 2.05) is 66.7 Å². The van der Waals surface area contributed by atoms with Crippen molar-refractivity contribution in [3.05, 3.63) is 200 Å². The predicted octanol–water partition coefficient (Wildman–Crippen LogP) is 13.4. The Kier molecular flexibility index (Phi) is 8.12. The van der Waals surface area contributed by atoms with Gasteiger partial charge in [-0.15, -0.1) is 0 Å². The van der Waals surface area contributed by atoms with Crippen LogP contribution in [0.5, 0.6) is 0 Å². The van der Waals surface area contributed by atoms with Crippen LogP contribution in [0.3, 0.4) is 0 Å². The van der Waals surface area contributed by atoms with E-state index in [-0.39, 0.29) is 0 Å². The number of para-hydroxylation sites is 1. The van der Waals surface area contributed by atoms with E-state index in [1.54, 1.807) is 0 Å². The van der Waals surface area contributed by atoms with E-state index in [4.69, 9.17) is 19.4 Å². The molecule has 0 saturated heterocycles. The lowest BCUT2D eigenvalue weighted by atomic mass is 9.94. The van der Waals surface area contributed by atoms with Crippen LogP contribution >= 0.6 is 0 Å². The van der Waals surface area contributed by atoms with Gasteiger partial charge in [-0.3, -0.25) is 0 Å². The molecule has 0 fully saturated rings. The standard InChI is InChI=1S/C51H33N3O/c1-5-16-34(17-6-1)38-24-13-25-39(32-38)40-26-14-27-41(33-40)42-28-15-29-43-44-30-31-45(46(48(44)55-47(42)43)35-18-7-2-8-19-35)51-53-49(36-20-9-3-10-21-36)52-50(54-51)37-22-11-4-12-23-37/h1-33H. The van der Waals surface area contributed by atoms with Crippen LogP contribution in [-0.4, -0.2) is 15.0 Å². The molecule has 10 aromatic rings. The highest BCUT2D eigenvalue weighted by Gasteiger charge is 2.22. The van der Waals surface area contributed by atoms with Crippen LogP contribution in [0.25, 0.3) is 101 Å². The lowest BCUT2D eigenvalue weighted by molar-refractivity contribution is 0.671. The second-order valence-corrected chi connectivity index (χ2v) is 13.6. The summed E-state index contributed by atoms with van der Waals surface area (Å²) in [6.07, 6.45) is 0. The smallest absolute Gasteiger partial charge is 0.164 e. The molecule has 2 heterocycles. The molecule has 0 aliphatic rings. The summed E-state index contributed by atoms with van der Waals surface area (Å²) in [6.45, 7) is 0. The third-order valence-electron chi connectivity index (χ3n) is 10.1. The van der Waals surface area contributed by atoms with Crippen LogP contribution in [0.4, 0.5) is 0 Å². The zero-order valence-electron chi connectivity index (χ0n) is 29.8. The number of benzene rings is 8. The van der Waals surface area contributed by atoms with Gasteiger partial charge >= 0.3 is 0 Å². The van der Waals surface area contributed by atoms with Gasteiger partial charge in [-0.1, -0.05) is 176 Å². The molecule has 55 heavy (non-hydrogen) atoms. The lowest BCUT2D eigenvalue weighted by Crippen LogP contribution is -2.01. The molecule has 10 rings (SSSR count). The van der Waals surface area contributed by atoms with Crippen LogP contribution in [0.1, 0.15) is 0 Å². The molecule has 0 unspecified atom stereocenters. The number of fused-ring (bicyclic) bond motifs is 3. The first-order chi connectivity index (χ1) is 27.3. The quantitative estimate of drug-likeness (QED) is 0.166. The fourth-order valence-electron chi connectivity index (χ4n) is 7.47. The highest BCUT2D eigenvalue weighted by atomic mass is 16.3. The topological polar surface area (TPSA) is 51.8 Å². The van der Waals surface area contributed by atoms with E-state index in [0.717, 1.165) is 72.0 Å². The van der Waals surface area contributed by atoms with Crippen molar-refractivity contribution in [3.63, 3.8) is 0 Å². The van der Waals surface area contributed by atoms with Crippen molar-refractivity contribution in [1.82, 2.24) is 15.0 Å². The Balaban J connectivity index is 1.16. The monoisotopic (exact) mass is 703 g/mol. The third kappa shape index (κ3) is 6.06. The summed E-state index contributed by atoms with van der Waals surface area (Å²) in [7, 11) is 0. The second kappa shape index (κ2) is 13.8. The number of hydrogen-bond acceptors (Lipinski definition) is 4. The van der Waals surface area contributed by atoms with Crippen molar-refractivity contribution in [2.24, 2.45) is 0 Å². The molecular weight excluding hydrogens is 671 g/mol. The molecule has 0 radical (unpaired) electrons. The molecule has 258 valence electrons. The maximum atomic E-state index is 7.07. The molecule has 2 aromatic heterocycles. The van der Waals surface area contributed by atoms with E-state index in [0.29, 0.717) is 17.5 Å². The van der Waals surface area contributed by atoms with Crippen LogP contribution in [0.2, 0.25) is 0 Å². The maximum Gasteiger partial charge on any atom is 0.164 e. The Morgan fingerprint density at radius 1 is 0.273 bits per heavy atom. The van der Waals surface area contributed by atoms with Gasteiger partial charge in [0.25, 0.3) is 0 Å². The molecule has 0 spiro atoms. The normalized spacial score (nSPS) is 11.3. The Morgan fingerprint density at radius 2 is 0.709 bits per heavy atom. The van der Waals surface area contributed by atoms with Crippen molar-refractivity contribution in [2.45, 2.75) is 0 Å². The zero-order chi connectivity index (χ0) is 36.6. The van der Waals surface area contributed by atoms with Gasteiger partial charge in [-0.05, 0) is 57.6 Å². The van der Waals surface area contributed by atoms with Crippen molar-refractivity contribution >= 4 is 21.9 Å². The predicted molar refractivity (Wildman–Crippen MR) is 225 cm³/mol. The average molecular weight is 704 g/mol. The van der Waals surface area contributed by atoms with Gasteiger partial charge in [0.05, 0.1) is 0 Å². The summed E-state index contributed by atoms with van der Waals surface area (Å²) in [5, 5.41) is 2.09. The Labute approximate surface area is 319 Å². The average Bonchev–Trinajstić information content (AvgIpc) is 3.66. The molecule has 0 atom stereocenters. The molecular formula is C51H33N3O. The molecule has 0 aliphatic carbocycles. The molecule has 4 nitrogen and oxygen atoms in total. The van der Waals surface area contributed by atoms with Gasteiger partial charge in [0, 0.05) is 38.6 Å². The number of furan rings is 1. The first-order valence-corrected chi connectivity index (χ1v) is 18.4. The number of rotatable bonds is 7. The first-order valence-electron chi connectivity index (χ1n) is 18.4. The number of aromatic nitrogens is 3. The van der Waals surface area contributed by atoms with Crippen molar-refractivity contribution < 1.29 is 4.42 Å². The molecule has 0 bridgehead atoms. The Bertz CT molecular complexity index is 2900. The van der Waals surface area contributed by atoms with Gasteiger partial charge in [-0.2, -0.15) is 0 Å².